The highest BCUT2D eigenvalue weighted by atomic mass is 32.1. The van der Waals surface area contributed by atoms with Gasteiger partial charge in [-0.3, -0.25) is 4.90 Å². The van der Waals surface area contributed by atoms with Crippen molar-refractivity contribution in [1.82, 2.24) is 14.8 Å². The normalized spacial score (nSPS) is 14.3. The first-order valence-electron chi connectivity index (χ1n) is 10.2. The van der Waals surface area contributed by atoms with Crippen molar-refractivity contribution < 1.29 is 14.3 Å². The van der Waals surface area contributed by atoms with E-state index in [2.05, 4.69) is 15.6 Å². The van der Waals surface area contributed by atoms with Crippen molar-refractivity contribution in [2.24, 2.45) is 0 Å². The number of urea groups is 1. The zero-order valence-electron chi connectivity index (χ0n) is 17.7. The molecule has 162 valence electrons. The monoisotopic (exact) mass is 438 g/mol. The van der Waals surface area contributed by atoms with Gasteiger partial charge >= 0.3 is 6.03 Å². The second-order valence-corrected chi connectivity index (χ2v) is 8.15. The minimum Gasteiger partial charge on any atom is -0.497 e. The molecule has 1 saturated heterocycles. The van der Waals surface area contributed by atoms with Crippen molar-refractivity contribution >= 4 is 23.1 Å². The van der Waals surface area contributed by atoms with Crippen LogP contribution in [-0.2, 0) is 6.54 Å². The van der Waals surface area contributed by atoms with Crippen LogP contribution in [0.1, 0.15) is 5.69 Å². The van der Waals surface area contributed by atoms with Gasteiger partial charge in [-0.15, -0.1) is 11.3 Å². The van der Waals surface area contributed by atoms with Gasteiger partial charge in [0.05, 0.1) is 19.9 Å². The fraction of sp³-hybridized carbons (Fsp3) is 0.304. The number of carbonyl (C=O) groups is 1. The van der Waals surface area contributed by atoms with Crippen LogP contribution in [0.25, 0.3) is 10.6 Å². The molecule has 31 heavy (non-hydrogen) atoms. The molecule has 3 aromatic rings. The first-order chi connectivity index (χ1) is 15.1. The number of benzene rings is 2. The van der Waals surface area contributed by atoms with E-state index in [9.17, 15) is 4.79 Å². The number of rotatable bonds is 6. The molecule has 0 saturated carbocycles. The maximum Gasteiger partial charge on any atom is 0.321 e. The number of aromatic nitrogens is 1. The molecule has 7 nitrogen and oxygen atoms in total. The van der Waals surface area contributed by atoms with Gasteiger partial charge in [0.15, 0.2) is 0 Å². The fourth-order valence-electron chi connectivity index (χ4n) is 3.46. The molecule has 1 aliphatic heterocycles. The SMILES string of the molecule is COc1ccc(NC(=O)N2CCN(Cc3csc(-c4ccc(OC)cc4)n3)CC2)cc1. The Kier molecular flexibility index (Phi) is 6.69. The van der Waals surface area contributed by atoms with Crippen LogP contribution >= 0.6 is 11.3 Å². The lowest BCUT2D eigenvalue weighted by atomic mass is 10.2. The molecule has 2 heterocycles. The number of nitrogens with one attached hydrogen (secondary N) is 1. The Hall–Kier alpha value is -3.10. The van der Waals surface area contributed by atoms with Crippen molar-refractivity contribution in [2.75, 3.05) is 45.7 Å². The summed E-state index contributed by atoms with van der Waals surface area (Å²) >= 11 is 1.65. The number of methoxy groups -OCH3 is 2. The standard InChI is InChI=1S/C23H26N4O3S/c1-29-20-7-3-17(4-8-20)22-24-19(16-31-22)15-26-11-13-27(14-12-26)23(28)25-18-5-9-21(30-2)10-6-18/h3-10,16H,11-15H2,1-2H3,(H,25,28). The van der Waals surface area contributed by atoms with E-state index in [1.807, 2.05) is 53.4 Å². The number of nitrogens with zero attached hydrogens (tertiary/aromatic N) is 3. The van der Waals surface area contributed by atoms with Gasteiger partial charge in [0.25, 0.3) is 0 Å². The Labute approximate surface area is 186 Å². The van der Waals surface area contributed by atoms with Gasteiger partial charge in [0.2, 0.25) is 0 Å². The van der Waals surface area contributed by atoms with Crippen LogP contribution < -0.4 is 14.8 Å². The number of thiazole rings is 1. The molecule has 0 atom stereocenters. The summed E-state index contributed by atoms with van der Waals surface area (Å²) < 4.78 is 10.4. The summed E-state index contributed by atoms with van der Waals surface area (Å²) in [5.74, 6) is 1.61. The topological polar surface area (TPSA) is 66.9 Å². The van der Waals surface area contributed by atoms with Crippen LogP contribution in [-0.4, -0.2) is 61.2 Å². The van der Waals surface area contributed by atoms with Crippen molar-refractivity contribution in [3.8, 4) is 22.1 Å². The van der Waals surface area contributed by atoms with Gasteiger partial charge in [0.1, 0.15) is 16.5 Å². The van der Waals surface area contributed by atoms with Crippen LogP contribution in [0.5, 0.6) is 11.5 Å². The molecule has 1 fully saturated rings. The van der Waals surface area contributed by atoms with Crippen LogP contribution in [0, 0.1) is 0 Å². The van der Waals surface area contributed by atoms with E-state index in [0.29, 0.717) is 13.1 Å². The van der Waals surface area contributed by atoms with Crippen LogP contribution in [0.3, 0.4) is 0 Å². The quantitative estimate of drug-likeness (QED) is 0.626. The zero-order chi connectivity index (χ0) is 21.6. The molecule has 2 aromatic carbocycles. The predicted molar refractivity (Wildman–Crippen MR) is 123 cm³/mol. The number of amides is 2. The second-order valence-electron chi connectivity index (χ2n) is 7.29. The first kappa shape index (κ1) is 21.1. The molecule has 0 unspecified atom stereocenters. The molecular weight excluding hydrogens is 412 g/mol. The highest BCUT2D eigenvalue weighted by Gasteiger charge is 2.22. The lowest BCUT2D eigenvalue weighted by Crippen LogP contribution is -2.49. The Balaban J connectivity index is 1.27. The summed E-state index contributed by atoms with van der Waals surface area (Å²) in [6.07, 6.45) is 0. The summed E-state index contributed by atoms with van der Waals surface area (Å²) in [5.41, 5.74) is 2.92. The van der Waals surface area contributed by atoms with E-state index in [-0.39, 0.29) is 6.03 Å². The second kappa shape index (κ2) is 9.80. The molecule has 1 aliphatic rings. The van der Waals surface area contributed by atoms with E-state index < -0.39 is 0 Å². The third-order valence-corrected chi connectivity index (χ3v) is 6.22. The summed E-state index contributed by atoms with van der Waals surface area (Å²) in [4.78, 5) is 21.5. The number of piperazine rings is 1. The number of ether oxygens (including phenoxy) is 2. The van der Waals surface area contributed by atoms with Crippen molar-refractivity contribution in [3.05, 3.63) is 59.6 Å². The predicted octanol–water partition coefficient (Wildman–Crippen LogP) is 4.18. The number of anilines is 1. The van der Waals surface area contributed by atoms with Gasteiger partial charge in [-0.05, 0) is 48.5 Å². The molecule has 0 spiro atoms. The van der Waals surface area contributed by atoms with E-state index in [4.69, 9.17) is 14.5 Å². The van der Waals surface area contributed by atoms with Crippen LogP contribution in [0.2, 0.25) is 0 Å². The Morgan fingerprint density at radius 3 is 2.19 bits per heavy atom. The zero-order valence-corrected chi connectivity index (χ0v) is 18.5. The van der Waals surface area contributed by atoms with E-state index >= 15 is 0 Å². The molecular formula is C23H26N4O3S. The van der Waals surface area contributed by atoms with Gasteiger partial charge in [-0.2, -0.15) is 0 Å². The van der Waals surface area contributed by atoms with Crippen molar-refractivity contribution in [1.29, 1.82) is 0 Å². The van der Waals surface area contributed by atoms with Gasteiger partial charge in [0, 0.05) is 49.4 Å². The molecule has 0 aliphatic carbocycles. The summed E-state index contributed by atoms with van der Waals surface area (Å²) in [5, 5.41) is 6.07. The lowest BCUT2D eigenvalue weighted by Gasteiger charge is -2.34. The highest BCUT2D eigenvalue weighted by Crippen LogP contribution is 2.26. The average molecular weight is 439 g/mol. The average Bonchev–Trinajstić information content (AvgIpc) is 3.28. The van der Waals surface area contributed by atoms with Gasteiger partial charge in [-0.25, -0.2) is 9.78 Å². The Bertz CT molecular complexity index is 996. The van der Waals surface area contributed by atoms with E-state index in [0.717, 1.165) is 53.1 Å². The first-order valence-corrected chi connectivity index (χ1v) is 11.0. The van der Waals surface area contributed by atoms with Gasteiger partial charge < -0.3 is 19.7 Å². The number of hydrogen-bond acceptors (Lipinski definition) is 6. The maximum absolute atomic E-state index is 12.5. The maximum atomic E-state index is 12.5. The minimum absolute atomic E-state index is 0.0692. The molecule has 4 rings (SSSR count). The summed E-state index contributed by atoms with van der Waals surface area (Å²) in [7, 11) is 3.29. The summed E-state index contributed by atoms with van der Waals surface area (Å²) in [6.45, 7) is 3.83. The fourth-order valence-corrected chi connectivity index (χ4v) is 4.28. The largest absolute Gasteiger partial charge is 0.497 e. The van der Waals surface area contributed by atoms with E-state index in [1.165, 1.54) is 0 Å². The highest BCUT2D eigenvalue weighted by molar-refractivity contribution is 7.13. The van der Waals surface area contributed by atoms with Crippen molar-refractivity contribution in [3.63, 3.8) is 0 Å². The smallest absolute Gasteiger partial charge is 0.321 e. The van der Waals surface area contributed by atoms with Crippen molar-refractivity contribution in [2.45, 2.75) is 6.54 Å². The number of carbonyl (C=O) groups excluding carboxylic acids is 1. The Morgan fingerprint density at radius 2 is 1.58 bits per heavy atom. The van der Waals surface area contributed by atoms with Crippen LogP contribution in [0.4, 0.5) is 10.5 Å². The van der Waals surface area contributed by atoms with Gasteiger partial charge in [-0.1, -0.05) is 0 Å². The Morgan fingerprint density at radius 1 is 0.968 bits per heavy atom. The van der Waals surface area contributed by atoms with Crippen LogP contribution in [0.15, 0.2) is 53.9 Å². The molecule has 1 N–H and O–H groups in total. The van der Waals surface area contributed by atoms with E-state index in [1.54, 1.807) is 25.6 Å². The lowest BCUT2D eigenvalue weighted by molar-refractivity contribution is 0.142. The third-order valence-electron chi connectivity index (χ3n) is 5.28. The third kappa shape index (κ3) is 5.34. The minimum atomic E-state index is -0.0692. The summed E-state index contributed by atoms with van der Waals surface area (Å²) in [6, 6.07) is 15.2. The number of hydrogen-bond donors (Lipinski definition) is 1. The molecule has 1 aromatic heterocycles. The molecule has 0 bridgehead atoms. The molecule has 2 amide bonds. The molecule has 8 heteroatoms. The molecule has 0 radical (unpaired) electrons.